The van der Waals surface area contributed by atoms with Crippen molar-refractivity contribution in [2.24, 2.45) is 0 Å². The van der Waals surface area contributed by atoms with Crippen LogP contribution in [0.3, 0.4) is 0 Å². The van der Waals surface area contributed by atoms with Crippen LogP contribution in [-0.4, -0.2) is 21.0 Å². The van der Waals surface area contributed by atoms with E-state index in [0.29, 0.717) is 0 Å². The minimum atomic E-state index is -4.73. The van der Waals surface area contributed by atoms with Crippen LogP contribution in [0.1, 0.15) is 41.8 Å². The third-order valence-corrected chi connectivity index (χ3v) is 1.76. The van der Waals surface area contributed by atoms with Crippen LogP contribution in [0.15, 0.2) is 0 Å². The molecule has 0 unspecified atom stereocenters. The van der Waals surface area contributed by atoms with Crippen LogP contribution in [0.5, 0.6) is 0 Å². The molecule has 84 valence electrons. The molecule has 0 radical (unpaired) electrons. The van der Waals surface area contributed by atoms with Crippen molar-refractivity contribution < 1.29 is 23.1 Å². The molecule has 0 saturated carbocycles. The SMILES string of the molecule is CC(C)c1nc(C(=O)O)c(C(F)(F)F)[nH]1. The standard InChI is InChI=1S/C8H9F3N2O2/c1-3(2)6-12-4(7(14)15)5(13-6)8(9,10)11/h3H,1-2H3,(H,12,13)(H,14,15). The Kier molecular flexibility index (Phi) is 2.74. The zero-order valence-electron chi connectivity index (χ0n) is 8.01. The first-order chi connectivity index (χ1) is 6.73. The van der Waals surface area contributed by atoms with E-state index in [-0.39, 0.29) is 11.7 Å². The fourth-order valence-electron chi connectivity index (χ4n) is 1.02. The first kappa shape index (κ1) is 11.5. The monoisotopic (exact) mass is 222 g/mol. The molecular weight excluding hydrogens is 213 g/mol. The largest absolute Gasteiger partial charge is 0.476 e. The number of aromatic nitrogens is 2. The Morgan fingerprint density at radius 2 is 2.00 bits per heavy atom. The second kappa shape index (κ2) is 3.56. The molecule has 1 aromatic heterocycles. The van der Waals surface area contributed by atoms with Crippen molar-refractivity contribution in [3.05, 3.63) is 17.2 Å². The molecule has 7 heteroatoms. The van der Waals surface area contributed by atoms with Crippen molar-refractivity contribution in [2.45, 2.75) is 25.9 Å². The molecule has 2 N–H and O–H groups in total. The van der Waals surface area contributed by atoms with Crippen LogP contribution in [-0.2, 0) is 6.18 Å². The molecule has 0 saturated heterocycles. The molecule has 0 bridgehead atoms. The van der Waals surface area contributed by atoms with Crippen molar-refractivity contribution in [1.29, 1.82) is 0 Å². The Morgan fingerprint density at radius 1 is 1.47 bits per heavy atom. The summed E-state index contributed by atoms with van der Waals surface area (Å²) < 4.78 is 37.1. The van der Waals surface area contributed by atoms with Gasteiger partial charge in [0.05, 0.1) is 0 Å². The summed E-state index contributed by atoms with van der Waals surface area (Å²) in [6.07, 6.45) is -4.73. The van der Waals surface area contributed by atoms with Gasteiger partial charge in [0.2, 0.25) is 0 Å². The van der Waals surface area contributed by atoms with E-state index >= 15 is 0 Å². The molecule has 1 rings (SSSR count). The smallest absolute Gasteiger partial charge is 0.433 e. The van der Waals surface area contributed by atoms with Gasteiger partial charge in [0.25, 0.3) is 0 Å². The zero-order chi connectivity index (χ0) is 11.8. The van der Waals surface area contributed by atoms with E-state index in [9.17, 15) is 18.0 Å². The zero-order valence-corrected chi connectivity index (χ0v) is 8.01. The molecule has 0 aliphatic heterocycles. The number of nitrogens with zero attached hydrogens (tertiary/aromatic N) is 1. The van der Waals surface area contributed by atoms with Gasteiger partial charge in [0.1, 0.15) is 5.82 Å². The highest BCUT2D eigenvalue weighted by Gasteiger charge is 2.39. The lowest BCUT2D eigenvalue weighted by Crippen LogP contribution is -2.12. The average Bonchev–Trinajstić information content (AvgIpc) is 2.45. The fraction of sp³-hybridized carbons (Fsp3) is 0.500. The van der Waals surface area contributed by atoms with Crippen LogP contribution < -0.4 is 0 Å². The van der Waals surface area contributed by atoms with Crippen molar-refractivity contribution in [2.75, 3.05) is 0 Å². The van der Waals surface area contributed by atoms with Gasteiger partial charge in [-0.05, 0) is 0 Å². The number of H-pyrrole nitrogens is 1. The van der Waals surface area contributed by atoms with Gasteiger partial charge in [-0.3, -0.25) is 0 Å². The van der Waals surface area contributed by atoms with Gasteiger partial charge in [-0.15, -0.1) is 0 Å². The first-order valence-corrected chi connectivity index (χ1v) is 4.14. The quantitative estimate of drug-likeness (QED) is 0.806. The number of rotatable bonds is 2. The molecule has 0 amide bonds. The maximum atomic E-state index is 12.4. The lowest BCUT2D eigenvalue weighted by molar-refractivity contribution is -0.141. The van der Waals surface area contributed by atoms with Crippen LogP contribution in [0.2, 0.25) is 0 Å². The van der Waals surface area contributed by atoms with E-state index in [1.807, 2.05) is 4.98 Å². The number of carboxylic acids is 1. The first-order valence-electron chi connectivity index (χ1n) is 4.14. The highest BCUT2D eigenvalue weighted by molar-refractivity contribution is 5.87. The Balaban J connectivity index is 3.30. The number of hydrogen-bond donors (Lipinski definition) is 2. The van der Waals surface area contributed by atoms with Crippen molar-refractivity contribution in [3.8, 4) is 0 Å². The summed E-state index contributed by atoms with van der Waals surface area (Å²) in [5.41, 5.74) is -2.29. The molecule has 0 spiro atoms. The van der Waals surface area contributed by atoms with Crippen LogP contribution in [0.25, 0.3) is 0 Å². The lowest BCUT2D eigenvalue weighted by Gasteiger charge is -2.03. The minimum Gasteiger partial charge on any atom is -0.476 e. The Morgan fingerprint density at radius 3 is 2.27 bits per heavy atom. The van der Waals surface area contributed by atoms with Gasteiger partial charge in [-0.25, -0.2) is 9.78 Å². The second-order valence-corrected chi connectivity index (χ2v) is 3.30. The summed E-state index contributed by atoms with van der Waals surface area (Å²) in [5.74, 6) is -1.97. The molecule has 15 heavy (non-hydrogen) atoms. The molecule has 0 aromatic carbocycles. The van der Waals surface area contributed by atoms with E-state index < -0.39 is 23.5 Å². The Hall–Kier alpha value is -1.53. The number of hydrogen-bond acceptors (Lipinski definition) is 2. The van der Waals surface area contributed by atoms with Gasteiger partial charge in [-0.1, -0.05) is 13.8 Å². The van der Waals surface area contributed by atoms with E-state index in [4.69, 9.17) is 5.11 Å². The highest BCUT2D eigenvalue weighted by atomic mass is 19.4. The second-order valence-electron chi connectivity index (χ2n) is 3.30. The molecule has 0 aliphatic carbocycles. The van der Waals surface area contributed by atoms with E-state index in [1.54, 1.807) is 13.8 Å². The third-order valence-electron chi connectivity index (χ3n) is 1.76. The number of carbonyl (C=O) groups is 1. The van der Waals surface area contributed by atoms with Crippen molar-refractivity contribution in [1.82, 2.24) is 9.97 Å². The fourth-order valence-corrected chi connectivity index (χ4v) is 1.02. The van der Waals surface area contributed by atoms with E-state index in [2.05, 4.69) is 4.98 Å². The van der Waals surface area contributed by atoms with Crippen molar-refractivity contribution >= 4 is 5.97 Å². The van der Waals surface area contributed by atoms with Gasteiger partial charge in [0, 0.05) is 5.92 Å². The van der Waals surface area contributed by atoms with Gasteiger partial charge in [0.15, 0.2) is 11.4 Å². The topological polar surface area (TPSA) is 66.0 Å². The summed E-state index contributed by atoms with van der Waals surface area (Å²) in [7, 11) is 0. The molecule has 0 atom stereocenters. The molecule has 1 aromatic rings. The number of alkyl halides is 3. The summed E-state index contributed by atoms with van der Waals surface area (Å²) in [4.78, 5) is 15.9. The maximum Gasteiger partial charge on any atom is 0.433 e. The number of nitrogens with one attached hydrogen (secondary N) is 1. The lowest BCUT2D eigenvalue weighted by atomic mass is 10.2. The summed E-state index contributed by atoms with van der Waals surface area (Å²) in [5, 5.41) is 8.54. The van der Waals surface area contributed by atoms with Crippen LogP contribution in [0.4, 0.5) is 13.2 Å². The number of carboxylic acid groups (broad SMARTS) is 1. The Labute approximate surface area is 83.1 Å². The number of aromatic amines is 1. The van der Waals surface area contributed by atoms with Crippen molar-refractivity contribution in [3.63, 3.8) is 0 Å². The molecule has 0 aliphatic rings. The summed E-state index contributed by atoms with van der Waals surface area (Å²) >= 11 is 0. The van der Waals surface area contributed by atoms with E-state index in [1.165, 1.54) is 0 Å². The average molecular weight is 222 g/mol. The number of halogens is 3. The van der Waals surface area contributed by atoms with Gasteiger partial charge >= 0.3 is 12.1 Å². The maximum absolute atomic E-state index is 12.4. The third kappa shape index (κ3) is 2.28. The molecule has 1 heterocycles. The van der Waals surface area contributed by atoms with Gasteiger partial charge < -0.3 is 10.1 Å². The minimum absolute atomic E-state index is 0.0136. The highest BCUT2D eigenvalue weighted by Crippen LogP contribution is 2.31. The van der Waals surface area contributed by atoms with Gasteiger partial charge in [-0.2, -0.15) is 13.2 Å². The molecule has 4 nitrogen and oxygen atoms in total. The number of imidazole rings is 1. The van der Waals surface area contributed by atoms with Crippen LogP contribution >= 0.6 is 0 Å². The molecular formula is C8H9F3N2O2. The summed E-state index contributed by atoms with van der Waals surface area (Å²) in [6.45, 7) is 3.23. The predicted molar refractivity (Wildman–Crippen MR) is 44.6 cm³/mol. The number of aromatic carboxylic acids is 1. The van der Waals surface area contributed by atoms with E-state index in [0.717, 1.165) is 0 Å². The summed E-state index contributed by atoms with van der Waals surface area (Å²) in [6, 6.07) is 0. The normalized spacial score (nSPS) is 12.1. The molecule has 0 fully saturated rings. The predicted octanol–water partition coefficient (Wildman–Crippen LogP) is 2.25. The Bertz CT molecular complexity index is 382. The van der Waals surface area contributed by atoms with Crippen LogP contribution in [0, 0.1) is 0 Å².